The van der Waals surface area contributed by atoms with E-state index in [1.165, 1.54) is 0 Å². The Labute approximate surface area is 149 Å². The number of hydrogen-bond acceptors (Lipinski definition) is 5. The molecule has 0 heterocycles. The standard InChI is InChI=1S/C20H26O5/c1-6-15(3)22-12-11-16(4)24-18-9-8-10-19(13-18)25-17(5)14-23-20(21)7-2/h6-10,13,16-17H,1-3,11-12,14H2,4-5H3. The molecule has 0 spiro atoms. The predicted molar refractivity (Wildman–Crippen MR) is 97.7 cm³/mol. The SMILES string of the molecule is C=CC(=C)OCCC(C)Oc1cccc(OC(C)COC(=O)C=C)c1. The Kier molecular flexibility index (Phi) is 8.93. The molecular formula is C20H26O5. The summed E-state index contributed by atoms with van der Waals surface area (Å²) in [5.41, 5.74) is 0. The van der Waals surface area contributed by atoms with E-state index >= 15 is 0 Å². The largest absolute Gasteiger partial charge is 0.494 e. The molecule has 136 valence electrons. The normalized spacial score (nSPS) is 12.4. The van der Waals surface area contributed by atoms with Crippen LogP contribution in [0.5, 0.6) is 11.5 Å². The van der Waals surface area contributed by atoms with E-state index in [0.29, 0.717) is 30.3 Å². The summed E-state index contributed by atoms with van der Waals surface area (Å²) >= 11 is 0. The smallest absolute Gasteiger partial charge is 0.330 e. The highest BCUT2D eigenvalue weighted by atomic mass is 16.6. The van der Waals surface area contributed by atoms with Crippen LogP contribution < -0.4 is 9.47 Å². The minimum Gasteiger partial charge on any atom is -0.494 e. The highest BCUT2D eigenvalue weighted by molar-refractivity contribution is 5.81. The van der Waals surface area contributed by atoms with Crippen molar-refractivity contribution in [1.82, 2.24) is 0 Å². The maximum absolute atomic E-state index is 11.1. The maximum atomic E-state index is 11.1. The van der Waals surface area contributed by atoms with E-state index in [0.717, 1.165) is 6.08 Å². The summed E-state index contributed by atoms with van der Waals surface area (Å²) in [7, 11) is 0. The molecule has 25 heavy (non-hydrogen) atoms. The number of rotatable bonds is 12. The van der Waals surface area contributed by atoms with Gasteiger partial charge in [0, 0.05) is 18.6 Å². The lowest BCUT2D eigenvalue weighted by atomic mass is 10.2. The van der Waals surface area contributed by atoms with Crippen LogP contribution in [0.1, 0.15) is 20.3 Å². The van der Waals surface area contributed by atoms with Crippen molar-refractivity contribution in [3.8, 4) is 11.5 Å². The molecule has 0 N–H and O–H groups in total. The van der Waals surface area contributed by atoms with Crippen LogP contribution in [0, 0.1) is 0 Å². The number of esters is 1. The third kappa shape index (κ3) is 8.65. The Hall–Kier alpha value is -2.69. The fraction of sp³-hybridized carbons (Fsp3) is 0.350. The molecule has 0 aliphatic rings. The van der Waals surface area contributed by atoms with Gasteiger partial charge in [0.2, 0.25) is 0 Å². The van der Waals surface area contributed by atoms with Crippen molar-refractivity contribution >= 4 is 5.97 Å². The molecule has 2 unspecified atom stereocenters. The van der Waals surface area contributed by atoms with Crippen LogP contribution in [0.2, 0.25) is 0 Å². The first-order chi connectivity index (χ1) is 11.9. The van der Waals surface area contributed by atoms with Gasteiger partial charge in [0.1, 0.15) is 30.0 Å². The highest BCUT2D eigenvalue weighted by Crippen LogP contribution is 2.22. The molecule has 0 bridgehead atoms. The summed E-state index contributed by atoms with van der Waals surface area (Å²) in [5.74, 6) is 1.42. The minimum atomic E-state index is -0.470. The van der Waals surface area contributed by atoms with Crippen molar-refractivity contribution in [1.29, 1.82) is 0 Å². The van der Waals surface area contributed by atoms with Crippen LogP contribution in [-0.4, -0.2) is 31.4 Å². The van der Waals surface area contributed by atoms with Crippen molar-refractivity contribution in [2.75, 3.05) is 13.2 Å². The summed E-state index contributed by atoms with van der Waals surface area (Å²) < 4.78 is 21.9. The Bertz CT molecular complexity index is 594. The van der Waals surface area contributed by atoms with Gasteiger partial charge in [0.05, 0.1) is 12.7 Å². The second-order valence-electron chi connectivity index (χ2n) is 5.47. The molecule has 1 aromatic carbocycles. The average molecular weight is 346 g/mol. The molecule has 1 aromatic rings. The first-order valence-electron chi connectivity index (χ1n) is 8.11. The Morgan fingerprint density at radius 2 is 1.72 bits per heavy atom. The zero-order valence-corrected chi connectivity index (χ0v) is 14.9. The number of carbonyl (C=O) groups excluding carboxylic acids is 1. The van der Waals surface area contributed by atoms with Crippen LogP contribution in [-0.2, 0) is 14.3 Å². The molecule has 0 amide bonds. The molecule has 1 rings (SSSR count). The quantitative estimate of drug-likeness (QED) is 0.247. The van der Waals surface area contributed by atoms with E-state index in [4.69, 9.17) is 18.9 Å². The third-order valence-electron chi connectivity index (χ3n) is 3.15. The van der Waals surface area contributed by atoms with Crippen LogP contribution in [0.4, 0.5) is 0 Å². The summed E-state index contributed by atoms with van der Waals surface area (Å²) in [4.78, 5) is 11.1. The van der Waals surface area contributed by atoms with Crippen LogP contribution in [0.3, 0.4) is 0 Å². The molecule has 0 aromatic heterocycles. The molecule has 0 saturated heterocycles. The lowest BCUT2D eigenvalue weighted by molar-refractivity contribution is -0.139. The number of hydrogen-bond donors (Lipinski definition) is 0. The maximum Gasteiger partial charge on any atom is 0.330 e. The number of ether oxygens (including phenoxy) is 4. The number of carbonyl (C=O) groups is 1. The summed E-state index contributed by atoms with van der Waals surface area (Å²) in [6, 6.07) is 7.32. The van der Waals surface area contributed by atoms with Gasteiger partial charge in [0.25, 0.3) is 0 Å². The Balaban J connectivity index is 2.45. The van der Waals surface area contributed by atoms with E-state index in [1.807, 2.05) is 32.0 Å². The molecule has 0 radical (unpaired) electrons. The zero-order chi connectivity index (χ0) is 18.7. The Morgan fingerprint density at radius 1 is 1.08 bits per heavy atom. The van der Waals surface area contributed by atoms with Gasteiger partial charge in [-0.15, -0.1) is 0 Å². The van der Waals surface area contributed by atoms with Gasteiger partial charge in [-0.25, -0.2) is 4.79 Å². The lowest BCUT2D eigenvalue weighted by Crippen LogP contribution is -2.21. The predicted octanol–water partition coefficient (Wildman–Crippen LogP) is 4.06. The van der Waals surface area contributed by atoms with Crippen molar-refractivity contribution in [2.24, 2.45) is 0 Å². The topological polar surface area (TPSA) is 54.0 Å². The van der Waals surface area contributed by atoms with E-state index < -0.39 is 5.97 Å². The first-order valence-corrected chi connectivity index (χ1v) is 8.11. The van der Waals surface area contributed by atoms with Crippen molar-refractivity contribution in [3.63, 3.8) is 0 Å². The molecule has 5 nitrogen and oxygen atoms in total. The average Bonchev–Trinajstić information content (AvgIpc) is 2.59. The van der Waals surface area contributed by atoms with Crippen molar-refractivity contribution in [3.05, 3.63) is 61.9 Å². The third-order valence-corrected chi connectivity index (χ3v) is 3.15. The first kappa shape index (κ1) is 20.4. The van der Waals surface area contributed by atoms with Gasteiger partial charge in [-0.3, -0.25) is 0 Å². The van der Waals surface area contributed by atoms with Crippen LogP contribution >= 0.6 is 0 Å². The van der Waals surface area contributed by atoms with Crippen molar-refractivity contribution in [2.45, 2.75) is 32.5 Å². The number of benzene rings is 1. The van der Waals surface area contributed by atoms with Crippen LogP contribution in [0.25, 0.3) is 0 Å². The summed E-state index contributed by atoms with van der Waals surface area (Å²) in [6.07, 6.45) is 3.09. The Morgan fingerprint density at radius 3 is 2.32 bits per heavy atom. The molecule has 0 saturated carbocycles. The van der Waals surface area contributed by atoms with Gasteiger partial charge >= 0.3 is 5.97 Å². The highest BCUT2D eigenvalue weighted by Gasteiger charge is 2.09. The van der Waals surface area contributed by atoms with Crippen LogP contribution in [0.15, 0.2) is 61.9 Å². The van der Waals surface area contributed by atoms with E-state index in [2.05, 4.69) is 19.7 Å². The molecule has 5 heteroatoms. The van der Waals surface area contributed by atoms with Gasteiger partial charge in [-0.2, -0.15) is 0 Å². The number of allylic oxidation sites excluding steroid dienone is 1. The van der Waals surface area contributed by atoms with Crippen molar-refractivity contribution < 1.29 is 23.7 Å². The van der Waals surface area contributed by atoms with Gasteiger partial charge in [-0.1, -0.05) is 25.8 Å². The van der Waals surface area contributed by atoms with E-state index in [1.54, 1.807) is 12.1 Å². The second kappa shape index (κ2) is 11.0. The van der Waals surface area contributed by atoms with E-state index in [9.17, 15) is 4.79 Å². The molecule has 0 aliphatic heterocycles. The monoisotopic (exact) mass is 346 g/mol. The zero-order valence-electron chi connectivity index (χ0n) is 14.9. The molecule has 0 aliphatic carbocycles. The molecule has 2 atom stereocenters. The fourth-order valence-corrected chi connectivity index (χ4v) is 1.85. The fourth-order valence-electron chi connectivity index (χ4n) is 1.85. The van der Waals surface area contributed by atoms with Gasteiger partial charge in [-0.05, 0) is 32.1 Å². The minimum absolute atomic E-state index is 0.0289. The van der Waals surface area contributed by atoms with E-state index in [-0.39, 0.29) is 18.8 Å². The van der Waals surface area contributed by atoms with Gasteiger partial charge in [0.15, 0.2) is 0 Å². The molecular weight excluding hydrogens is 320 g/mol. The second-order valence-corrected chi connectivity index (χ2v) is 5.47. The summed E-state index contributed by atoms with van der Waals surface area (Å²) in [5, 5.41) is 0. The molecule has 0 fully saturated rings. The van der Waals surface area contributed by atoms with Gasteiger partial charge < -0.3 is 18.9 Å². The lowest BCUT2D eigenvalue weighted by Gasteiger charge is -2.17. The summed E-state index contributed by atoms with van der Waals surface area (Å²) in [6.45, 7) is 15.1.